The molecule has 9 nitrogen and oxygen atoms in total. The number of fused-ring (bicyclic) bond motifs is 1. The zero-order valence-corrected chi connectivity index (χ0v) is 19.5. The van der Waals surface area contributed by atoms with Crippen molar-refractivity contribution in [1.29, 1.82) is 0 Å². The number of nitrogens with one attached hydrogen (secondary N) is 1. The van der Waals surface area contributed by atoms with Gasteiger partial charge in [0.15, 0.2) is 11.5 Å². The van der Waals surface area contributed by atoms with E-state index < -0.39 is 29.2 Å². The average molecular weight is 514 g/mol. The van der Waals surface area contributed by atoms with Gasteiger partial charge >= 0.3 is 6.18 Å². The number of aromatic amines is 1. The van der Waals surface area contributed by atoms with Crippen molar-refractivity contribution in [2.75, 3.05) is 26.2 Å². The molecule has 0 radical (unpaired) electrons. The number of rotatable bonds is 4. The molecule has 1 saturated heterocycles. The van der Waals surface area contributed by atoms with Crippen LogP contribution in [0.2, 0.25) is 0 Å². The number of hydrogen-bond donors (Lipinski definition) is 1. The molecule has 1 saturated carbocycles. The molecule has 13 heteroatoms. The molecule has 1 aliphatic carbocycles. The maximum Gasteiger partial charge on any atom is 0.436 e. The summed E-state index contributed by atoms with van der Waals surface area (Å²) in [5.74, 6) is -2.37. The standard InChI is InChI=1S/C24H22F4N8O/c25-19-17(1-3-29-21(19)24(26,27)28)23(37)35-7-5-34(6-8-35)15-9-16(10-15)36-12-14(11-33-36)20-18-2-4-30-22(18)32-13-31-20/h1-4,11-13,15-16H,5-10H2,(H,30,31,32). The molecule has 0 aromatic carbocycles. The third-order valence-corrected chi connectivity index (χ3v) is 7.20. The van der Waals surface area contributed by atoms with Crippen molar-refractivity contribution in [2.45, 2.75) is 31.1 Å². The highest BCUT2D eigenvalue weighted by Crippen LogP contribution is 2.37. The van der Waals surface area contributed by atoms with Gasteiger partial charge in [0.25, 0.3) is 5.91 Å². The number of amides is 1. The molecule has 0 atom stereocenters. The lowest BCUT2D eigenvalue weighted by atomic mass is 9.85. The van der Waals surface area contributed by atoms with Crippen LogP contribution in [-0.2, 0) is 6.18 Å². The van der Waals surface area contributed by atoms with E-state index in [0.717, 1.165) is 47.4 Å². The number of carbonyl (C=O) groups excluding carboxylic acids is 1. The Morgan fingerprint density at radius 3 is 2.57 bits per heavy atom. The lowest BCUT2D eigenvalue weighted by molar-refractivity contribution is -0.143. The van der Waals surface area contributed by atoms with E-state index in [1.165, 1.54) is 11.2 Å². The Balaban J connectivity index is 1.05. The van der Waals surface area contributed by atoms with Crippen molar-refractivity contribution in [3.05, 3.63) is 60.3 Å². The summed E-state index contributed by atoms with van der Waals surface area (Å²) >= 11 is 0. The number of aromatic nitrogens is 6. The first-order valence-corrected chi connectivity index (χ1v) is 11.9. The van der Waals surface area contributed by atoms with E-state index in [-0.39, 0.29) is 6.04 Å². The highest BCUT2D eigenvalue weighted by atomic mass is 19.4. The molecule has 1 N–H and O–H groups in total. The second-order valence-electron chi connectivity index (χ2n) is 9.30. The molecule has 4 aromatic heterocycles. The van der Waals surface area contributed by atoms with Gasteiger partial charge < -0.3 is 9.88 Å². The molecule has 2 aliphatic rings. The predicted molar refractivity (Wildman–Crippen MR) is 124 cm³/mol. The fourth-order valence-corrected chi connectivity index (χ4v) is 5.10. The summed E-state index contributed by atoms with van der Waals surface area (Å²) < 4.78 is 55.2. The van der Waals surface area contributed by atoms with Crippen LogP contribution in [0.15, 0.2) is 43.2 Å². The van der Waals surface area contributed by atoms with Crippen LogP contribution in [0, 0.1) is 5.82 Å². The minimum absolute atomic E-state index is 0.244. The third kappa shape index (κ3) is 4.22. The fraction of sp³-hybridized carbons (Fsp3) is 0.375. The van der Waals surface area contributed by atoms with Gasteiger partial charge in [-0.15, -0.1) is 0 Å². The SMILES string of the molecule is O=C(c1ccnc(C(F)(F)F)c1F)N1CCN(C2CC(n3cc(-c4ncnc5[nH]ccc45)cn3)C2)CC1. The van der Waals surface area contributed by atoms with Crippen molar-refractivity contribution >= 4 is 16.9 Å². The molecule has 5 heterocycles. The average Bonchev–Trinajstić information content (AvgIpc) is 3.52. The lowest BCUT2D eigenvalue weighted by Gasteiger charge is -2.46. The Morgan fingerprint density at radius 1 is 1.03 bits per heavy atom. The van der Waals surface area contributed by atoms with Crippen LogP contribution < -0.4 is 0 Å². The van der Waals surface area contributed by atoms with E-state index in [4.69, 9.17) is 0 Å². The topological polar surface area (TPSA) is 95.8 Å². The first-order chi connectivity index (χ1) is 17.8. The summed E-state index contributed by atoms with van der Waals surface area (Å²) in [5, 5.41) is 5.47. The first kappa shape index (κ1) is 23.5. The van der Waals surface area contributed by atoms with Crippen molar-refractivity contribution in [2.24, 2.45) is 0 Å². The second kappa shape index (κ2) is 8.91. The number of pyridine rings is 1. The summed E-state index contributed by atoms with van der Waals surface area (Å²) in [6.45, 7) is 1.77. The van der Waals surface area contributed by atoms with Crippen molar-refractivity contribution in [3.63, 3.8) is 0 Å². The van der Waals surface area contributed by atoms with Crippen LogP contribution in [-0.4, -0.2) is 77.6 Å². The smallest absolute Gasteiger partial charge is 0.346 e. The minimum atomic E-state index is -4.96. The van der Waals surface area contributed by atoms with Gasteiger partial charge in [0.2, 0.25) is 0 Å². The normalized spacial score (nSPS) is 20.8. The van der Waals surface area contributed by atoms with Crippen molar-refractivity contribution in [1.82, 2.24) is 39.5 Å². The Hall–Kier alpha value is -3.87. The minimum Gasteiger partial charge on any atom is -0.346 e. The van der Waals surface area contributed by atoms with Crippen LogP contribution in [0.3, 0.4) is 0 Å². The van der Waals surface area contributed by atoms with E-state index in [2.05, 4.69) is 29.9 Å². The van der Waals surface area contributed by atoms with Crippen LogP contribution in [0.25, 0.3) is 22.3 Å². The first-order valence-electron chi connectivity index (χ1n) is 11.9. The summed E-state index contributed by atoms with van der Waals surface area (Å²) in [5.41, 5.74) is 0.236. The van der Waals surface area contributed by atoms with Gasteiger partial charge in [-0.3, -0.25) is 14.4 Å². The Kier molecular flexibility index (Phi) is 5.66. The molecule has 6 rings (SSSR count). The van der Waals surface area contributed by atoms with Gasteiger partial charge in [0.1, 0.15) is 12.0 Å². The molecule has 2 fully saturated rings. The van der Waals surface area contributed by atoms with Gasteiger partial charge in [-0.2, -0.15) is 18.3 Å². The maximum absolute atomic E-state index is 14.4. The number of H-pyrrole nitrogens is 1. The molecule has 192 valence electrons. The Bertz CT molecular complexity index is 1450. The number of halogens is 4. The number of nitrogens with zero attached hydrogens (tertiary/aromatic N) is 7. The van der Waals surface area contributed by atoms with Crippen LogP contribution >= 0.6 is 0 Å². The van der Waals surface area contributed by atoms with Crippen molar-refractivity contribution in [3.8, 4) is 11.3 Å². The van der Waals surface area contributed by atoms with Crippen molar-refractivity contribution < 1.29 is 22.4 Å². The Labute approximate surface area is 208 Å². The van der Waals surface area contributed by atoms with Gasteiger partial charge in [-0.05, 0) is 25.0 Å². The zero-order valence-electron chi connectivity index (χ0n) is 19.5. The monoisotopic (exact) mass is 514 g/mol. The van der Waals surface area contributed by atoms with E-state index >= 15 is 0 Å². The zero-order chi connectivity index (χ0) is 25.7. The molecule has 1 aliphatic heterocycles. The molecule has 37 heavy (non-hydrogen) atoms. The van der Waals surface area contributed by atoms with Gasteiger partial charge in [-0.1, -0.05) is 0 Å². The molecule has 4 aromatic rings. The Morgan fingerprint density at radius 2 is 1.81 bits per heavy atom. The summed E-state index contributed by atoms with van der Waals surface area (Å²) in [7, 11) is 0. The van der Waals surface area contributed by atoms with Gasteiger partial charge in [-0.25, -0.2) is 19.3 Å². The predicted octanol–water partition coefficient (Wildman–Crippen LogP) is 3.54. The number of hydrogen-bond acceptors (Lipinski definition) is 6. The molecular weight excluding hydrogens is 492 g/mol. The highest BCUT2D eigenvalue weighted by molar-refractivity contribution is 5.94. The van der Waals surface area contributed by atoms with E-state index in [0.29, 0.717) is 32.2 Å². The van der Waals surface area contributed by atoms with Crippen LogP contribution in [0.5, 0.6) is 0 Å². The lowest BCUT2D eigenvalue weighted by Crippen LogP contribution is -2.55. The molecule has 0 bridgehead atoms. The van der Waals surface area contributed by atoms with Crippen LogP contribution in [0.1, 0.15) is 34.9 Å². The van der Waals surface area contributed by atoms with Gasteiger partial charge in [0.05, 0.1) is 23.5 Å². The number of piperazine rings is 1. The fourth-order valence-electron chi connectivity index (χ4n) is 5.10. The number of alkyl halides is 3. The molecule has 0 spiro atoms. The highest BCUT2D eigenvalue weighted by Gasteiger charge is 2.40. The quantitative estimate of drug-likeness (QED) is 0.419. The third-order valence-electron chi connectivity index (χ3n) is 7.20. The summed E-state index contributed by atoms with van der Waals surface area (Å²) in [4.78, 5) is 31.2. The van der Waals surface area contributed by atoms with Gasteiger partial charge in [0, 0.05) is 61.8 Å². The summed E-state index contributed by atoms with van der Waals surface area (Å²) in [6.07, 6.45) is 4.78. The molecule has 1 amide bonds. The van der Waals surface area contributed by atoms with E-state index in [1.54, 1.807) is 6.20 Å². The number of carbonyl (C=O) groups is 1. The molecular formula is C24H22F4N8O. The summed E-state index contributed by atoms with van der Waals surface area (Å²) in [6, 6.07) is 3.49. The largest absolute Gasteiger partial charge is 0.436 e. The van der Waals surface area contributed by atoms with E-state index in [9.17, 15) is 22.4 Å². The molecule has 0 unspecified atom stereocenters. The second-order valence-corrected chi connectivity index (χ2v) is 9.30. The maximum atomic E-state index is 14.4. The van der Waals surface area contributed by atoms with E-state index in [1.807, 2.05) is 23.1 Å². The van der Waals surface area contributed by atoms with Crippen LogP contribution in [0.4, 0.5) is 17.6 Å².